The number of methoxy groups -OCH3 is 1. The zero-order valence-electron chi connectivity index (χ0n) is 19.9. The zero-order chi connectivity index (χ0) is 24.0. The van der Waals surface area contributed by atoms with Gasteiger partial charge >= 0.3 is 0 Å². The van der Waals surface area contributed by atoms with Crippen LogP contribution in [0.1, 0.15) is 64.0 Å². The van der Waals surface area contributed by atoms with E-state index in [4.69, 9.17) is 9.15 Å². The molecule has 1 unspecified atom stereocenters. The monoisotopic (exact) mass is 467 g/mol. The van der Waals surface area contributed by atoms with Crippen molar-refractivity contribution in [1.82, 2.24) is 14.9 Å². The van der Waals surface area contributed by atoms with Gasteiger partial charge in [0, 0.05) is 25.4 Å². The maximum atomic E-state index is 13.6. The van der Waals surface area contributed by atoms with Crippen LogP contribution in [0.5, 0.6) is 5.75 Å². The van der Waals surface area contributed by atoms with Gasteiger partial charge in [-0.15, -0.1) is 0 Å². The average Bonchev–Trinajstić information content (AvgIpc) is 3.37. The number of aromatic nitrogens is 2. The van der Waals surface area contributed by atoms with Crippen molar-refractivity contribution in [3.05, 3.63) is 113 Å². The van der Waals surface area contributed by atoms with Crippen molar-refractivity contribution in [1.29, 1.82) is 0 Å². The molecule has 1 saturated heterocycles. The van der Waals surface area contributed by atoms with E-state index in [-0.39, 0.29) is 11.9 Å². The number of carbonyl (C=O) groups is 1. The molecule has 1 aliphatic rings. The molecular weight excluding hydrogens is 438 g/mol. The predicted octanol–water partition coefficient (Wildman–Crippen LogP) is 5.63. The molecule has 0 radical (unpaired) electrons. The lowest BCUT2D eigenvalue weighted by Crippen LogP contribution is -2.38. The first-order chi connectivity index (χ1) is 17.2. The average molecular weight is 468 g/mol. The van der Waals surface area contributed by atoms with E-state index in [9.17, 15) is 4.79 Å². The summed E-state index contributed by atoms with van der Waals surface area (Å²) in [4.78, 5) is 24.4. The number of piperidine rings is 1. The van der Waals surface area contributed by atoms with Crippen LogP contribution in [-0.4, -0.2) is 34.4 Å². The van der Waals surface area contributed by atoms with Gasteiger partial charge in [-0.05, 0) is 60.6 Å². The number of hydrogen-bond donors (Lipinski definition) is 0. The second-order valence-electron chi connectivity index (χ2n) is 8.95. The highest BCUT2D eigenvalue weighted by Gasteiger charge is 2.32. The Hall–Kier alpha value is -3.93. The van der Waals surface area contributed by atoms with Gasteiger partial charge in [0.15, 0.2) is 0 Å². The van der Waals surface area contributed by atoms with Gasteiger partial charge in [0.25, 0.3) is 5.91 Å². The third kappa shape index (κ3) is 5.43. The van der Waals surface area contributed by atoms with Crippen LogP contribution in [-0.2, 0) is 12.8 Å². The van der Waals surface area contributed by atoms with Crippen LogP contribution in [0.3, 0.4) is 0 Å². The van der Waals surface area contributed by atoms with Gasteiger partial charge < -0.3 is 14.1 Å². The minimum Gasteiger partial charge on any atom is -0.497 e. The lowest BCUT2D eigenvalue weighted by Gasteiger charge is -2.33. The van der Waals surface area contributed by atoms with E-state index in [2.05, 4.69) is 22.1 Å². The standard InChI is InChI=1S/C29H29N3O3/c1-34-25-11-7-10-22(17-25)14-23-15-24(19-30-18-23)29(33)32-13-6-5-12-27(32)28-31-20-26(35-28)16-21-8-3-2-4-9-21/h2-4,7-11,15,17-20,27H,5-6,12-14,16H2,1H3. The number of carbonyl (C=O) groups excluding carboxylic acids is 1. The fourth-order valence-electron chi connectivity index (χ4n) is 4.67. The molecule has 6 heteroatoms. The van der Waals surface area contributed by atoms with Crippen LogP contribution < -0.4 is 4.74 Å². The van der Waals surface area contributed by atoms with E-state index >= 15 is 0 Å². The van der Waals surface area contributed by atoms with Crippen molar-refractivity contribution in [2.45, 2.75) is 38.1 Å². The van der Waals surface area contributed by atoms with Gasteiger partial charge in [0.1, 0.15) is 17.6 Å². The third-order valence-electron chi connectivity index (χ3n) is 6.43. The molecule has 35 heavy (non-hydrogen) atoms. The van der Waals surface area contributed by atoms with Gasteiger partial charge in [-0.3, -0.25) is 9.78 Å². The van der Waals surface area contributed by atoms with Gasteiger partial charge in [0.2, 0.25) is 5.89 Å². The molecule has 5 rings (SSSR count). The molecule has 0 aliphatic carbocycles. The summed E-state index contributed by atoms with van der Waals surface area (Å²) in [6, 6.07) is 19.9. The molecule has 4 aromatic rings. The quantitative estimate of drug-likeness (QED) is 0.352. The maximum Gasteiger partial charge on any atom is 0.256 e. The molecule has 3 heterocycles. The van der Waals surface area contributed by atoms with Gasteiger partial charge in [-0.2, -0.15) is 0 Å². The van der Waals surface area contributed by atoms with E-state index < -0.39 is 0 Å². The van der Waals surface area contributed by atoms with Crippen molar-refractivity contribution in [3.8, 4) is 5.75 Å². The third-order valence-corrected chi connectivity index (χ3v) is 6.43. The molecule has 2 aromatic carbocycles. The molecule has 0 spiro atoms. The van der Waals surface area contributed by atoms with Gasteiger partial charge in [-0.25, -0.2) is 4.98 Å². The minimum absolute atomic E-state index is 0.0301. The molecule has 1 atom stereocenters. The summed E-state index contributed by atoms with van der Waals surface area (Å²) in [6.45, 7) is 0.681. The van der Waals surface area contributed by atoms with Crippen LogP contribution in [0.2, 0.25) is 0 Å². The van der Waals surface area contributed by atoms with E-state index in [1.165, 1.54) is 5.56 Å². The molecular formula is C29H29N3O3. The summed E-state index contributed by atoms with van der Waals surface area (Å²) in [5.74, 6) is 2.21. The Morgan fingerprint density at radius 2 is 1.83 bits per heavy atom. The van der Waals surface area contributed by atoms with E-state index in [1.54, 1.807) is 19.5 Å². The fraction of sp³-hybridized carbons (Fsp3) is 0.276. The number of amides is 1. The molecule has 178 valence electrons. The van der Waals surface area contributed by atoms with Crippen molar-refractivity contribution in [2.75, 3.05) is 13.7 Å². The number of hydrogen-bond acceptors (Lipinski definition) is 5. The van der Waals surface area contributed by atoms with Crippen LogP contribution in [0, 0.1) is 0 Å². The largest absolute Gasteiger partial charge is 0.497 e. The van der Waals surface area contributed by atoms with Crippen LogP contribution in [0.25, 0.3) is 0 Å². The van der Waals surface area contributed by atoms with Gasteiger partial charge in [-0.1, -0.05) is 42.5 Å². The number of rotatable bonds is 7. The fourth-order valence-corrected chi connectivity index (χ4v) is 4.67. The molecule has 0 saturated carbocycles. The smallest absolute Gasteiger partial charge is 0.256 e. The van der Waals surface area contributed by atoms with Gasteiger partial charge in [0.05, 0.1) is 18.9 Å². The Morgan fingerprint density at radius 1 is 0.971 bits per heavy atom. The Bertz CT molecular complexity index is 1290. The number of benzene rings is 2. The Kier molecular flexibility index (Phi) is 6.89. The summed E-state index contributed by atoms with van der Waals surface area (Å²) in [5.41, 5.74) is 3.86. The van der Waals surface area contributed by atoms with Crippen molar-refractivity contribution in [3.63, 3.8) is 0 Å². The number of likely N-dealkylation sites (tertiary alicyclic amines) is 1. The summed E-state index contributed by atoms with van der Waals surface area (Å²) in [7, 11) is 1.66. The lowest BCUT2D eigenvalue weighted by molar-refractivity contribution is 0.0569. The van der Waals surface area contributed by atoms with Crippen LogP contribution in [0.15, 0.2) is 83.7 Å². The van der Waals surface area contributed by atoms with E-state index in [0.29, 0.717) is 30.8 Å². The highest BCUT2D eigenvalue weighted by Crippen LogP contribution is 2.32. The molecule has 6 nitrogen and oxygen atoms in total. The Balaban J connectivity index is 1.33. The Morgan fingerprint density at radius 3 is 2.69 bits per heavy atom. The van der Waals surface area contributed by atoms with Crippen molar-refractivity contribution >= 4 is 5.91 Å². The zero-order valence-corrected chi connectivity index (χ0v) is 19.9. The van der Waals surface area contributed by atoms with Crippen molar-refractivity contribution in [2.24, 2.45) is 0 Å². The lowest BCUT2D eigenvalue weighted by atomic mass is 10.00. The summed E-state index contributed by atoms with van der Waals surface area (Å²) >= 11 is 0. The number of ether oxygens (including phenoxy) is 1. The number of oxazole rings is 1. The van der Waals surface area contributed by atoms with Crippen LogP contribution >= 0.6 is 0 Å². The molecule has 1 aliphatic heterocycles. The minimum atomic E-state index is -0.164. The highest BCUT2D eigenvalue weighted by atomic mass is 16.5. The summed E-state index contributed by atoms with van der Waals surface area (Å²) in [6.07, 6.45) is 9.47. The van der Waals surface area contributed by atoms with Crippen LogP contribution in [0.4, 0.5) is 0 Å². The first-order valence-corrected chi connectivity index (χ1v) is 12.1. The van der Waals surface area contributed by atoms with E-state index in [1.807, 2.05) is 59.6 Å². The summed E-state index contributed by atoms with van der Waals surface area (Å²) < 4.78 is 11.5. The SMILES string of the molecule is COc1cccc(Cc2cncc(C(=O)N3CCCCC3c3ncc(Cc4ccccc4)o3)c2)c1. The van der Waals surface area contributed by atoms with Crippen molar-refractivity contribution < 1.29 is 13.9 Å². The Labute approximate surface area is 205 Å². The predicted molar refractivity (Wildman–Crippen MR) is 133 cm³/mol. The number of pyridine rings is 1. The topological polar surface area (TPSA) is 68.5 Å². The second kappa shape index (κ2) is 10.6. The summed E-state index contributed by atoms with van der Waals surface area (Å²) in [5, 5.41) is 0. The first kappa shape index (κ1) is 22.8. The molecule has 2 aromatic heterocycles. The highest BCUT2D eigenvalue weighted by molar-refractivity contribution is 5.94. The maximum absolute atomic E-state index is 13.6. The second-order valence-corrected chi connectivity index (χ2v) is 8.95. The molecule has 0 N–H and O–H groups in total. The first-order valence-electron chi connectivity index (χ1n) is 12.1. The van der Waals surface area contributed by atoms with E-state index in [0.717, 1.165) is 41.9 Å². The normalized spacial score (nSPS) is 15.7. The molecule has 1 amide bonds. The molecule has 1 fully saturated rings. The molecule has 0 bridgehead atoms. The number of nitrogens with zero attached hydrogens (tertiary/aromatic N) is 3.